The summed E-state index contributed by atoms with van der Waals surface area (Å²) in [6.07, 6.45) is 1.86. The molecule has 4 rings (SSSR count). The van der Waals surface area contributed by atoms with E-state index in [2.05, 4.69) is 30.4 Å². The van der Waals surface area contributed by atoms with Crippen LogP contribution >= 0.6 is 0 Å². The van der Waals surface area contributed by atoms with Gasteiger partial charge in [0.2, 0.25) is 0 Å². The Morgan fingerprint density at radius 1 is 1.15 bits per heavy atom. The molecule has 208 valence electrons. The summed E-state index contributed by atoms with van der Waals surface area (Å²) in [5, 5.41) is 0. The van der Waals surface area contributed by atoms with Crippen LogP contribution in [-0.2, 0) is 10.0 Å². The molecule has 39 heavy (non-hydrogen) atoms. The number of hydrogen-bond donors (Lipinski definition) is 1. The molecule has 2 heterocycles. The van der Waals surface area contributed by atoms with E-state index in [0.29, 0.717) is 41.9 Å². The molecule has 1 aliphatic heterocycles. The monoisotopic (exact) mass is 553 g/mol. The van der Waals surface area contributed by atoms with Crippen LogP contribution < -0.4 is 14.4 Å². The van der Waals surface area contributed by atoms with Gasteiger partial charge in [0.25, 0.3) is 15.9 Å². The van der Waals surface area contributed by atoms with Crippen LogP contribution in [0.5, 0.6) is 5.75 Å². The molecule has 1 fully saturated rings. The lowest BCUT2D eigenvalue weighted by molar-refractivity contribution is 0.0981. The highest BCUT2D eigenvalue weighted by molar-refractivity contribution is 7.90. The van der Waals surface area contributed by atoms with Crippen LogP contribution in [0, 0.1) is 17.7 Å². The van der Waals surface area contributed by atoms with Crippen molar-refractivity contribution in [3.05, 3.63) is 72.0 Å². The SMILES string of the molecule is CCC1CCN(c2nc(-c3cc(F)cc(OCC(C)C)c3)ccc2C(=O)NS(=O)(=O)c2ccccc2)C1(C)C. The maximum atomic E-state index is 14.6. The van der Waals surface area contributed by atoms with E-state index in [-0.39, 0.29) is 21.9 Å². The number of anilines is 1. The van der Waals surface area contributed by atoms with Crippen molar-refractivity contribution in [3.63, 3.8) is 0 Å². The molecule has 1 saturated heterocycles. The lowest BCUT2D eigenvalue weighted by Gasteiger charge is -2.37. The average Bonchev–Trinajstić information content (AvgIpc) is 3.20. The Hall–Kier alpha value is -3.46. The normalized spacial score (nSPS) is 16.9. The largest absolute Gasteiger partial charge is 0.493 e. The van der Waals surface area contributed by atoms with E-state index < -0.39 is 21.7 Å². The number of aromatic nitrogens is 1. The van der Waals surface area contributed by atoms with Crippen molar-refractivity contribution in [2.75, 3.05) is 18.1 Å². The number of nitrogens with zero attached hydrogens (tertiary/aromatic N) is 2. The minimum absolute atomic E-state index is 0.00860. The zero-order valence-electron chi connectivity index (χ0n) is 23.1. The Morgan fingerprint density at radius 3 is 2.51 bits per heavy atom. The molecule has 2 aromatic carbocycles. The molecular weight excluding hydrogens is 517 g/mol. The molecule has 0 spiro atoms. The number of sulfonamides is 1. The molecule has 1 atom stereocenters. The number of ether oxygens (including phenoxy) is 1. The van der Waals surface area contributed by atoms with Gasteiger partial charge in [-0.05, 0) is 68.5 Å². The van der Waals surface area contributed by atoms with Crippen molar-refractivity contribution in [2.24, 2.45) is 11.8 Å². The number of amides is 1. The van der Waals surface area contributed by atoms with Crippen molar-refractivity contribution >= 4 is 21.7 Å². The number of halogens is 1. The van der Waals surface area contributed by atoms with Crippen LogP contribution in [0.3, 0.4) is 0 Å². The lowest BCUT2D eigenvalue weighted by Crippen LogP contribution is -2.44. The van der Waals surface area contributed by atoms with Crippen LogP contribution in [0.2, 0.25) is 0 Å². The predicted octanol–water partition coefficient (Wildman–Crippen LogP) is 6.06. The summed E-state index contributed by atoms with van der Waals surface area (Å²) in [6, 6.07) is 15.3. The van der Waals surface area contributed by atoms with Crippen molar-refractivity contribution in [1.82, 2.24) is 9.71 Å². The smallest absolute Gasteiger partial charge is 0.268 e. The quantitative estimate of drug-likeness (QED) is 0.347. The number of benzene rings is 2. The van der Waals surface area contributed by atoms with E-state index in [0.717, 1.165) is 12.8 Å². The first-order chi connectivity index (χ1) is 18.4. The molecule has 1 aliphatic rings. The summed E-state index contributed by atoms with van der Waals surface area (Å²) in [5.41, 5.74) is 0.761. The zero-order valence-corrected chi connectivity index (χ0v) is 23.9. The standard InChI is InChI=1S/C30H36FN3O4S/c1-6-22-14-15-34(30(22,4)5)28-26(29(35)33-39(36,37)25-10-8-7-9-11-25)12-13-27(32-28)21-16-23(31)18-24(17-21)38-19-20(2)3/h7-13,16-18,20,22H,6,14-15,19H2,1-5H3,(H,33,35). The first kappa shape index (κ1) is 28.5. The lowest BCUT2D eigenvalue weighted by atomic mass is 9.86. The molecule has 0 aliphatic carbocycles. The molecule has 1 amide bonds. The van der Waals surface area contributed by atoms with Gasteiger partial charge in [-0.15, -0.1) is 0 Å². The molecule has 1 N–H and O–H groups in total. The average molecular weight is 554 g/mol. The fourth-order valence-electron chi connectivity index (χ4n) is 5.11. The van der Waals surface area contributed by atoms with Gasteiger partial charge in [-0.3, -0.25) is 4.79 Å². The molecule has 1 aromatic heterocycles. The number of rotatable bonds is 9. The number of carbonyl (C=O) groups excluding carboxylic acids is 1. The molecule has 0 saturated carbocycles. The third-order valence-electron chi connectivity index (χ3n) is 7.30. The summed E-state index contributed by atoms with van der Waals surface area (Å²) in [6.45, 7) is 11.5. The first-order valence-corrected chi connectivity index (χ1v) is 14.7. The van der Waals surface area contributed by atoms with E-state index in [1.54, 1.807) is 36.4 Å². The van der Waals surface area contributed by atoms with Crippen LogP contribution in [0.1, 0.15) is 57.8 Å². The summed E-state index contributed by atoms with van der Waals surface area (Å²) in [5.74, 6) is 0.155. The topological polar surface area (TPSA) is 88.6 Å². The van der Waals surface area contributed by atoms with Gasteiger partial charge in [0.1, 0.15) is 17.4 Å². The van der Waals surface area contributed by atoms with Crippen LogP contribution in [0.4, 0.5) is 10.2 Å². The van der Waals surface area contributed by atoms with E-state index in [4.69, 9.17) is 9.72 Å². The van der Waals surface area contributed by atoms with Gasteiger partial charge in [-0.25, -0.2) is 22.5 Å². The third kappa shape index (κ3) is 6.24. The minimum Gasteiger partial charge on any atom is -0.493 e. The Kier molecular flexibility index (Phi) is 8.30. The van der Waals surface area contributed by atoms with Crippen molar-refractivity contribution in [2.45, 2.75) is 57.9 Å². The van der Waals surface area contributed by atoms with Gasteiger partial charge >= 0.3 is 0 Å². The maximum absolute atomic E-state index is 14.6. The Balaban J connectivity index is 1.77. The second-order valence-corrected chi connectivity index (χ2v) is 12.6. The molecule has 3 aromatic rings. The van der Waals surface area contributed by atoms with Gasteiger partial charge in [-0.2, -0.15) is 0 Å². The predicted molar refractivity (Wildman–Crippen MR) is 151 cm³/mol. The molecule has 0 radical (unpaired) electrons. The molecule has 7 nitrogen and oxygen atoms in total. The highest BCUT2D eigenvalue weighted by atomic mass is 32.2. The van der Waals surface area contributed by atoms with Gasteiger partial charge in [0.05, 0.1) is 22.8 Å². The highest BCUT2D eigenvalue weighted by Crippen LogP contribution is 2.41. The summed E-state index contributed by atoms with van der Waals surface area (Å²) >= 11 is 0. The number of hydrogen-bond acceptors (Lipinski definition) is 6. The van der Waals surface area contributed by atoms with E-state index in [1.165, 1.54) is 24.3 Å². The summed E-state index contributed by atoms with van der Waals surface area (Å²) < 4.78 is 48.4. The maximum Gasteiger partial charge on any atom is 0.268 e. The van der Waals surface area contributed by atoms with Gasteiger partial charge in [0, 0.05) is 23.7 Å². The number of nitrogens with one attached hydrogen (secondary N) is 1. The molecule has 9 heteroatoms. The van der Waals surface area contributed by atoms with Crippen molar-refractivity contribution < 1.29 is 22.3 Å². The molecular formula is C30H36FN3O4S. The van der Waals surface area contributed by atoms with E-state index >= 15 is 0 Å². The van der Waals surface area contributed by atoms with Crippen LogP contribution in [-0.4, -0.2) is 38.0 Å². The van der Waals surface area contributed by atoms with E-state index in [9.17, 15) is 17.6 Å². The van der Waals surface area contributed by atoms with Gasteiger partial charge < -0.3 is 9.64 Å². The molecule has 0 bridgehead atoms. The van der Waals surface area contributed by atoms with E-state index in [1.807, 2.05) is 13.8 Å². The van der Waals surface area contributed by atoms with Gasteiger partial charge in [0.15, 0.2) is 0 Å². The van der Waals surface area contributed by atoms with Crippen molar-refractivity contribution in [1.29, 1.82) is 0 Å². The van der Waals surface area contributed by atoms with Crippen LogP contribution in [0.25, 0.3) is 11.3 Å². The number of pyridine rings is 1. The summed E-state index contributed by atoms with van der Waals surface area (Å²) in [4.78, 5) is 20.3. The minimum atomic E-state index is -4.09. The molecule has 1 unspecified atom stereocenters. The fraction of sp³-hybridized carbons (Fsp3) is 0.400. The van der Waals surface area contributed by atoms with Gasteiger partial charge in [-0.1, -0.05) is 45.4 Å². The first-order valence-electron chi connectivity index (χ1n) is 13.3. The van der Waals surface area contributed by atoms with Crippen LogP contribution in [0.15, 0.2) is 65.6 Å². The Bertz CT molecular complexity index is 1440. The highest BCUT2D eigenvalue weighted by Gasteiger charge is 2.42. The zero-order chi connectivity index (χ0) is 28.4. The number of carbonyl (C=O) groups is 1. The van der Waals surface area contributed by atoms with Crippen molar-refractivity contribution in [3.8, 4) is 17.0 Å². The second kappa shape index (κ2) is 11.3. The second-order valence-electron chi connectivity index (χ2n) is 10.9. The fourth-order valence-corrected chi connectivity index (χ4v) is 6.10. The Labute approximate surface area is 230 Å². The Morgan fingerprint density at radius 2 is 1.87 bits per heavy atom. The third-order valence-corrected chi connectivity index (χ3v) is 8.64. The summed E-state index contributed by atoms with van der Waals surface area (Å²) in [7, 11) is -4.09.